The van der Waals surface area contributed by atoms with Crippen molar-refractivity contribution in [2.75, 3.05) is 26.4 Å². The second-order valence-corrected chi connectivity index (χ2v) is 24.4. The van der Waals surface area contributed by atoms with Gasteiger partial charge in [-0.25, -0.2) is 0 Å². The SMILES string of the molecule is CCCCCC(C)(C)c1cc(Cc2cc(C(C)(C)CCCCC)c(OCCCC(CCC)C3CO3)c(C(C)(C)CCCCC)c2)cc(C(C)(C)CCCCC)c1OCCCC(CCC)C1CO1. The smallest absolute Gasteiger partial charge is 0.126 e. The molecule has 0 radical (unpaired) electrons. The number of ether oxygens (including phenoxy) is 4. The molecule has 0 bridgehead atoms. The van der Waals surface area contributed by atoms with Crippen LogP contribution in [-0.4, -0.2) is 38.6 Å². The molecule has 67 heavy (non-hydrogen) atoms. The summed E-state index contributed by atoms with van der Waals surface area (Å²) in [5.41, 5.74) is 8.50. The highest BCUT2D eigenvalue weighted by atomic mass is 16.6. The minimum absolute atomic E-state index is 0.0142. The zero-order chi connectivity index (χ0) is 49.1. The minimum Gasteiger partial charge on any atom is -0.493 e. The predicted octanol–water partition coefficient (Wildman–Crippen LogP) is 18.7. The summed E-state index contributed by atoms with van der Waals surface area (Å²) < 4.78 is 26.1. The monoisotopic (exact) mass is 929 g/mol. The Balaban J connectivity index is 1.88. The molecule has 0 saturated carbocycles. The van der Waals surface area contributed by atoms with E-state index in [2.05, 4.69) is 121 Å². The van der Waals surface area contributed by atoms with Crippen molar-refractivity contribution in [1.82, 2.24) is 0 Å². The van der Waals surface area contributed by atoms with Gasteiger partial charge in [-0.2, -0.15) is 0 Å². The molecule has 0 amide bonds. The molecule has 0 N–H and O–H groups in total. The number of epoxide rings is 2. The van der Waals surface area contributed by atoms with Gasteiger partial charge in [0.05, 0.1) is 38.6 Å². The Bertz CT molecular complexity index is 1480. The van der Waals surface area contributed by atoms with E-state index in [-0.39, 0.29) is 21.7 Å². The van der Waals surface area contributed by atoms with Crippen molar-refractivity contribution in [3.05, 3.63) is 57.6 Å². The van der Waals surface area contributed by atoms with Crippen LogP contribution in [0.25, 0.3) is 0 Å². The third-order valence-electron chi connectivity index (χ3n) is 16.3. The van der Waals surface area contributed by atoms with Crippen LogP contribution >= 0.6 is 0 Å². The number of benzene rings is 2. The van der Waals surface area contributed by atoms with Crippen molar-refractivity contribution in [2.45, 2.75) is 291 Å². The van der Waals surface area contributed by atoms with Crippen molar-refractivity contribution >= 4 is 0 Å². The van der Waals surface area contributed by atoms with Gasteiger partial charge in [0, 0.05) is 22.3 Å². The summed E-state index contributed by atoms with van der Waals surface area (Å²) >= 11 is 0. The number of hydrogen-bond donors (Lipinski definition) is 0. The molecule has 2 aliphatic rings. The fourth-order valence-electron chi connectivity index (χ4n) is 11.4. The lowest BCUT2D eigenvalue weighted by Gasteiger charge is -2.35. The van der Waals surface area contributed by atoms with Gasteiger partial charge in [-0.3, -0.25) is 0 Å². The molecule has 0 spiro atoms. The van der Waals surface area contributed by atoms with Gasteiger partial charge in [0.2, 0.25) is 0 Å². The van der Waals surface area contributed by atoms with E-state index < -0.39 is 0 Å². The van der Waals surface area contributed by atoms with Crippen LogP contribution in [-0.2, 0) is 37.6 Å². The lowest BCUT2D eigenvalue weighted by molar-refractivity contribution is 0.250. The first-order chi connectivity index (χ1) is 32.0. The van der Waals surface area contributed by atoms with Crippen molar-refractivity contribution in [3.63, 3.8) is 0 Å². The van der Waals surface area contributed by atoms with Gasteiger partial charge >= 0.3 is 0 Å². The average Bonchev–Trinajstić information content (AvgIpc) is 4.22. The van der Waals surface area contributed by atoms with Crippen LogP contribution < -0.4 is 9.47 Å². The number of unbranched alkanes of at least 4 members (excludes halogenated alkanes) is 8. The summed E-state index contributed by atoms with van der Waals surface area (Å²) in [5.74, 6) is 3.70. The van der Waals surface area contributed by atoms with Gasteiger partial charge in [0.25, 0.3) is 0 Å². The van der Waals surface area contributed by atoms with Crippen molar-refractivity contribution in [1.29, 1.82) is 0 Å². The molecule has 4 unspecified atom stereocenters. The van der Waals surface area contributed by atoms with E-state index in [4.69, 9.17) is 18.9 Å². The topological polar surface area (TPSA) is 43.5 Å². The minimum atomic E-state index is -0.0142. The van der Waals surface area contributed by atoms with E-state index in [0.717, 1.165) is 45.7 Å². The molecule has 2 fully saturated rings. The summed E-state index contributed by atoms with van der Waals surface area (Å²) in [4.78, 5) is 0. The molecule has 4 heteroatoms. The predicted molar refractivity (Wildman–Crippen MR) is 290 cm³/mol. The largest absolute Gasteiger partial charge is 0.493 e. The first-order valence-corrected chi connectivity index (χ1v) is 28.8. The number of rotatable bonds is 38. The van der Waals surface area contributed by atoms with Gasteiger partial charge in [-0.1, -0.05) is 211 Å². The third-order valence-corrected chi connectivity index (χ3v) is 16.3. The zero-order valence-electron chi connectivity index (χ0n) is 46.8. The summed E-state index contributed by atoms with van der Waals surface area (Å²) in [7, 11) is 0. The Morgan fingerprint density at radius 3 is 0.940 bits per heavy atom. The summed E-state index contributed by atoms with van der Waals surface area (Å²) in [6.07, 6.45) is 31.0. The van der Waals surface area contributed by atoms with Crippen LogP contribution in [0.4, 0.5) is 0 Å². The van der Waals surface area contributed by atoms with Crippen LogP contribution in [0.2, 0.25) is 0 Å². The maximum atomic E-state index is 7.25. The molecule has 2 aromatic carbocycles. The Labute approximate surface area is 416 Å². The Hall–Kier alpha value is -2.04. The molecule has 2 saturated heterocycles. The lowest BCUT2D eigenvalue weighted by atomic mass is 9.71. The Morgan fingerprint density at radius 1 is 0.418 bits per heavy atom. The Kier molecular flexibility index (Phi) is 24.1. The molecule has 2 heterocycles. The van der Waals surface area contributed by atoms with E-state index in [1.54, 1.807) is 0 Å². The number of hydrogen-bond acceptors (Lipinski definition) is 4. The van der Waals surface area contributed by atoms with Crippen LogP contribution in [0.5, 0.6) is 11.5 Å². The summed E-state index contributed by atoms with van der Waals surface area (Å²) in [6.45, 7) is 37.4. The summed E-state index contributed by atoms with van der Waals surface area (Å²) in [6, 6.07) is 10.4. The molecular weight excluding hydrogens is 821 g/mol. The van der Waals surface area contributed by atoms with E-state index >= 15 is 0 Å². The third kappa shape index (κ3) is 18.3. The maximum absolute atomic E-state index is 7.25. The highest BCUT2D eigenvalue weighted by molar-refractivity contribution is 5.55. The molecule has 2 aromatic rings. The highest BCUT2D eigenvalue weighted by Gasteiger charge is 2.36. The van der Waals surface area contributed by atoms with Crippen molar-refractivity contribution < 1.29 is 18.9 Å². The van der Waals surface area contributed by atoms with E-state index in [9.17, 15) is 0 Å². The van der Waals surface area contributed by atoms with E-state index in [0.29, 0.717) is 24.0 Å². The summed E-state index contributed by atoms with van der Waals surface area (Å²) in [5, 5.41) is 0. The molecular formula is C63H108O4. The van der Waals surface area contributed by atoms with Crippen LogP contribution in [0.1, 0.15) is 284 Å². The molecule has 4 nitrogen and oxygen atoms in total. The van der Waals surface area contributed by atoms with Crippen LogP contribution in [0, 0.1) is 11.8 Å². The zero-order valence-corrected chi connectivity index (χ0v) is 46.8. The van der Waals surface area contributed by atoms with Gasteiger partial charge in [-0.05, 0) is 115 Å². The fourth-order valence-corrected chi connectivity index (χ4v) is 11.4. The van der Waals surface area contributed by atoms with Crippen molar-refractivity contribution in [2.24, 2.45) is 11.8 Å². The van der Waals surface area contributed by atoms with Gasteiger partial charge in [0.1, 0.15) is 11.5 Å². The van der Waals surface area contributed by atoms with Crippen LogP contribution in [0.15, 0.2) is 24.3 Å². The second-order valence-electron chi connectivity index (χ2n) is 24.4. The van der Waals surface area contributed by atoms with Gasteiger partial charge in [-0.15, -0.1) is 0 Å². The van der Waals surface area contributed by atoms with Gasteiger partial charge in [0.15, 0.2) is 0 Å². The highest BCUT2D eigenvalue weighted by Crippen LogP contribution is 2.48. The molecule has 2 aliphatic heterocycles. The quantitative estimate of drug-likeness (QED) is 0.0497. The molecule has 384 valence electrons. The molecule has 0 aromatic heterocycles. The van der Waals surface area contributed by atoms with Crippen molar-refractivity contribution in [3.8, 4) is 11.5 Å². The fraction of sp³-hybridized carbons (Fsp3) is 0.810. The van der Waals surface area contributed by atoms with E-state index in [1.165, 1.54) is 186 Å². The maximum Gasteiger partial charge on any atom is 0.126 e. The average molecular weight is 930 g/mol. The first kappa shape index (κ1) is 57.5. The first-order valence-electron chi connectivity index (χ1n) is 28.8. The lowest BCUT2D eigenvalue weighted by Crippen LogP contribution is -2.25. The van der Waals surface area contributed by atoms with Gasteiger partial charge < -0.3 is 18.9 Å². The Morgan fingerprint density at radius 2 is 0.701 bits per heavy atom. The molecule has 4 rings (SSSR count). The molecule has 0 aliphatic carbocycles. The molecule has 4 atom stereocenters. The second kappa shape index (κ2) is 28.1. The van der Waals surface area contributed by atoms with Crippen LogP contribution in [0.3, 0.4) is 0 Å². The standard InChI is InChI=1S/C63H108O4/c1-15-21-25-35-60(7,8)52-42-48(43-53(61(9,10)36-26-22-16-2)58(52)64-39-29-33-50(31-19-5)56-46-66-56)41-49-44-54(62(11,12)37-27-23-17-3)59(55(45-49)63(13,14)38-28-24-18-4)65-40-30-34-51(32-20-6)57-47-67-57/h42-45,50-51,56-57H,15-41,46-47H2,1-14H3. The normalized spacial score (nSPS) is 17.5. The van der Waals surface area contributed by atoms with E-state index in [1.807, 2.05) is 0 Å².